The molecule has 1 saturated heterocycles. The second-order valence-electron chi connectivity index (χ2n) is 7.47. The van der Waals surface area contributed by atoms with E-state index in [4.69, 9.17) is 17.0 Å². The zero-order chi connectivity index (χ0) is 22.1. The molecule has 0 radical (unpaired) electrons. The highest BCUT2D eigenvalue weighted by Crippen LogP contribution is 2.42. The van der Waals surface area contributed by atoms with Crippen molar-refractivity contribution in [1.82, 2.24) is 14.9 Å². The van der Waals surface area contributed by atoms with Gasteiger partial charge in [0.25, 0.3) is 0 Å². The molecular weight excluding hydrogens is 423 g/mol. The summed E-state index contributed by atoms with van der Waals surface area (Å²) in [5, 5.41) is 4.01. The van der Waals surface area contributed by atoms with E-state index in [9.17, 15) is 4.39 Å². The van der Waals surface area contributed by atoms with Gasteiger partial charge in [-0.1, -0.05) is 6.07 Å². The number of benzene rings is 2. The fraction of sp³-hybridized carbons (Fsp3) is 0.120. The number of anilines is 1. The van der Waals surface area contributed by atoms with Crippen LogP contribution < -0.4 is 15.0 Å². The van der Waals surface area contributed by atoms with Crippen LogP contribution in [0, 0.1) is 5.82 Å². The number of rotatable bonds is 5. The lowest BCUT2D eigenvalue weighted by Crippen LogP contribution is -2.30. The summed E-state index contributed by atoms with van der Waals surface area (Å²) in [5.41, 5.74) is 3.73. The first-order valence-electron chi connectivity index (χ1n) is 10.2. The lowest BCUT2D eigenvalue weighted by atomic mass is 10.0. The van der Waals surface area contributed by atoms with Gasteiger partial charge in [-0.2, -0.15) is 0 Å². The molecule has 0 aliphatic carbocycles. The van der Waals surface area contributed by atoms with Crippen LogP contribution in [-0.4, -0.2) is 21.8 Å². The van der Waals surface area contributed by atoms with Crippen LogP contribution in [0.4, 0.5) is 10.1 Å². The van der Waals surface area contributed by atoms with Gasteiger partial charge in [0.05, 0.1) is 18.8 Å². The van der Waals surface area contributed by atoms with Gasteiger partial charge in [0, 0.05) is 29.5 Å². The molecule has 0 spiro atoms. The predicted molar refractivity (Wildman–Crippen MR) is 127 cm³/mol. The van der Waals surface area contributed by atoms with E-state index < -0.39 is 0 Å². The highest BCUT2D eigenvalue weighted by molar-refractivity contribution is 7.80. The number of methoxy groups -OCH3 is 1. The molecule has 0 bridgehead atoms. The molecule has 3 heterocycles. The van der Waals surface area contributed by atoms with Crippen LogP contribution in [0.1, 0.15) is 23.5 Å². The number of nitrogens with zero attached hydrogens (tertiary/aromatic N) is 3. The van der Waals surface area contributed by atoms with Gasteiger partial charge in [0.1, 0.15) is 17.6 Å². The summed E-state index contributed by atoms with van der Waals surface area (Å²) < 4.78 is 21.1. The molecule has 7 heteroatoms. The summed E-state index contributed by atoms with van der Waals surface area (Å²) in [7, 11) is 1.65. The molecule has 0 saturated carbocycles. The van der Waals surface area contributed by atoms with Crippen LogP contribution in [0.3, 0.4) is 0 Å². The smallest absolute Gasteiger partial charge is 0.174 e. The first kappa shape index (κ1) is 20.2. The lowest BCUT2D eigenvalue weighted by Gasteiger charge is -2.29. The van der Waals surface area contributed by atoms with Crippen molar-refractivity contribution < 1.29 is 9.13 Å². The van der Waals surface area contributed by atoms with E-state index in [1.807, 2.05) is 59.6 Å². The summed E-state index contributed by atoms with van der Waals surface area (Å²) in [4.78, 5) is 6.62. The van der Waals surface area contributed by atoms with Gasteiger partial charge in [-0.3, -0.25) is 4.98 Å². The summed E-state index contributed by atoms with van der Waals surface area (Å²) >= 11 is 5.74. The number of aromatic nitrogens is 2. The van der Waals surface area contributed by atoms with Gasteiger partial charge in [0.2, 0.25) is 0 Å². The van der Waals surface area contributed by atoms with Crippen molar-refractivity contribution in [1.29, 1.82) is 0 Å². The Labute approximate surface area is 191 Å². The molecule has 2 aromatic heterocycles. The molecule has 5 nitrogen and oxygen atoms in total. The van der Waals surface area contributed by atoms with E-state index in [1.54, 1.807) is 25.4 Å². The minimum atomic E-state index is -0.286. The Kier molecular flexibility index (Phi) is 5.33. The topological polar surface area (TPSA) is 42.3 Å². The number of ether oxygens (including phenoxy) is 1. The third-order valence-electron chi connectivity index (χ3n) is 5.64. The quantitative estimate of drug-likeness (QED) is 0.429. The Bertz CT molecular complexity index is 1230. The van der Waals surface area contributed by atoms with Crippen molar-refractivity contribution in [2.24, 2.45) is 0 Å². The minimum Gasteiger partial charge on any atom is -0.497 e. The largest absolute Gasteiger partial charge is 0.497 e. The number of hydrogen-bond donors (Lipinski definition) is 1. The average molecular weight is 445 g/mol. The second-order valence-corrected chi connectivity index (χ2v) is 7.86. The monoisotopic (exact) mass is 444 g/mol. The fourth-order valence-electron chi connectivity index (χ4n) is 4.15. The van der Waals surface area contributed by atoms with Crippen LogP contribution in [0.2, 0.25) is 0 Å². The molecule has 2 aromatic carbocycles. The average Bonchev–Trinajstić information content (AvgIpc) is 3.44. The molecule has 5 rings (SSSR count). The van der Waals surface area contributed by atoms with Crippen molar-refractivity contribution >= 4 is 23.0 Å². The third kappa shape index (κ3) is 3.61. The number of thiocarbonyl (C=S) groups is 1. The van der Waals surface area contributed by atoms with Gasteiger partial charge >= 0.3 is 0 Å². The normalized spacial score (nSPS) is 17.9. The number of pyridine rings is 1. The maximum Gasteiger partial charge on any atom is 0.174 e. The van der Waals surface area contributed by atoms with Gasteiger partial charge in [-0.05, 0) is 85.0 Å². The summed E-state index contributed by atoms with van der Waals surface area (Å²) in [5.74, 6) is 0.511. The molecule has 1 aliphatic heterocycles. The molecule has 160 valence electrons. The fourth-order valence-corrected chi connectivity index (χ4v) is 4.49. The summed E-state index contributed by atoms with van der Waals surface area (Å²) in [6.45, 7) is 0. The lowest BCUT2D eigenvalue weighted by molar-refractivity contribution is 0.414. The summed E-state index contributed by atoms with van der Waals surface area (Å²) in [6, 6.07) is 23.9. The van der Waals surface area contributed by atoms with Crippen molar-refractivity contribution in [3.05, 3.63) is 108 Å². The van der Waals surface area contributed by atoms with Crippen molar-refractivity contribution in [2.75, 3.05) is 12.0 Å². The minimum absolute atomic E-state index is 0.180. The maximum absolute atomic E-state index is 13.6. The van der Waals surface area contributed by atoms with Crippen LogP contribution in [0.15, 0.2) is 91.3 Å². The van der Waals surface area contributed by atoms with E-state index in [0.717, 1.165) is 28.5 Å². The third-order valence-corrected chi connectivity index (χ3v) is 5.95. The molecule has 0 amide bonds. The first-order chi connectivity index (χ1) is 15.7. The number of halogens is 1. The van der Waals surface area contributed by atoms with E-state index in [-0.39, 0.29) is 17.9 Å². The summed E-state index contributed by atoms with van der Waals surface area (Å²) in [6.07, 6.45) is 3.80. The van der Waals surface area contributed by atoms with Gasteiger partial charge in [-0.15, -0.1) is 0 Å². The highest BCUT2D eigenvalue weighted by atomic mass is 32.1. The van der Waals surface area contributed by atoms with Gasteiger partial charge in [0.15, 0.2) is 5.11 Å². The second kappa shape index (κ2) is 8.43. The van der Waals surface area contributed by atoms with Crippen LogP contribution >= 0.6 is 12.2 Å². The Balaban J connectivity index is 1.64. The van der Waals surface area contributed by atoms with E-state index >= 15 is 0 Å². The molecular formula is C25H21FN4OS. The van der Waals surface area contributed by atoms with E-state index in [0.29, 0.717) is 5.11 Å². The van der Waals surface area contributed by atoms with E-state index in [1.165, 1.54) is 12.1 Å². The molecule has 1 N–H and O–H groups in total. The van der Waals surface area contributed by atoms with Crippen molar-refractivity contribution in [2.45, 2.75) is 12.1 Å². The molecule has 0 unspecified atom stereocenters. The molecule has 32 heavy (non-hydrogen) atoms. The Hall–Kier alpha value is -3.71. The zero-order valence-corrected chi connectivity index (χ0v) is 18.2. The molecule has 1 fully saturated rings. The Morgan fingerprint density at radius 1 is 0.938 bits per heavy atom. The van der Waals surface area contributed by atoms with Crippen molar-refractivity contribution in [3.63, 3.8) is 0 Å². The Morgan fingerprint density at radius 3 is 2.38 bits per heavy atom. The van der Waals surface area contributed by atoms with Crippen LogP contribution in [0.25, 0.3) is 5.69 Å². The Morgan fingerprint density at radius 2 is 1.69 bits per heavy atom. The van der Waals surface area contributed by atoms with Crippen LogP contribution in [0.5, 0.6) is 5.75 Å². The van der Waals surface area contributed by atoms with Crippen molar-refractivity contribution in [3.8, 4) is 11.4 Å². The number of nitrogens with one attached hydrogen (secondary N) is 1. The van der Waals surface area contributed by atoms with Gasteiger partial charge < -0.3 is 19.5 Å². The standard InChI is InChI=1S/C25H21FN4OS/c1-31-20-13-11-18(12-14-20)29-16-4-6-22(29)24-23(21-5-2-3-15-27-21)28-25(32)30(24)19-9-7-17(26)8-10-19/h2-16,23-24H,1H3,(H,28,32)/t23-,24+/m1/s1. The highest BCUT2D eigenvalue weighted by Gasteiger charge is 2.42. The maximum atomic E-state index is 13.6. The predicted octanol–water partition coefficient (Wildman–Crippen LogP) is 5.20. The molecule has 2 atom stereocenters. The van der Waals surface area contributed by atoms with Gasteiger partial charge in [-0.25, -0.2) is 4.39 Å². The zero-order valence-electron chi connectivity index (χ0n) is 17.4. The SMILES string of the molecule is COc1ccc(-n2cccc2[C@H]2[C@@H](c3ccccn3)NC(=S)N2c2ccc(F)cc2)cc1. The van der Waals surface area contributed by atoms with E-state index in [2.05, 4.69) is 20.9 Å². The number of hydrogen-bond acceptors (Lipinski definition) is 3. The molecule has 4 aromatic rings. The first-order valence-corrected chi connectivity index (χ1v) is 10.6. The molecule has 1 aliphatic rings. The van der Waals surface area contributed by atoms with Crippen LogP contribution in [-0.2, 0) is 0 Å².